The lowest BCUT2D eigenvalue weighted by molar-refractivity contribution is 0.316. The molecule has 1 heterocycles. The van der Waals surface area contributed by atoms with E-state index in [9.17, 15) is 0 Å². The number of nitrogens with one attached hydrogen (secondary N) is 1. The van der Waals surface area contributed by atoms with Crippen LogP contribution in [0.3, 0.4) is 0 Å². The van der Waals surface area contributed by atoms with E-state index in [1.165, 1.54) is 4.88 Å². The van der Waals surface area contributed by atoms with E-state index in [1.807, 2.05) is 6.07 Å². The molecule has 0 radical (unpaired) electrons. The summed E-state index contributed by atoms with van der Waals surface area (Å²) in [5, 5.41) is 16.6. The zero-order valence-electron chi connectivity index (χ0n) is 8.10. The molecule has 0 saturated heterocycles. The molecular formula is C9H15N3OS. The summed E-state index contributed by atoms with van der Waals surface area (Å²) in [7, 11) is 0. The lowest BCUT2D eigenvalue weighted by atomic mass is 10.2. The average Bonchev–Trinajstić information content (AvgIpc) is 2.70. The van der Waals surface area contributed by atoms with E-state index >= 15 is 0 Å². The molecule has 14 heavy (non-hydrogen) atoms. The highest BCUT2D eigenvalue weighted by atomic mass is 32.1. The molecule has 1 aromatic heterocycles. The van der Waals surface area contributed by atoms with Crippen molar-refractivity contribution in [3.63, 3.8) is 0 Å². The van der Waals surface area contributed by atoms with Gasteiger partial charge in [-0.1, -0.05) is 11.2 Å². The number of thiophene rings is 1. The monoisotopic (exact) mass is 213 g/mol. The molecule has 1 atom stereocenters. The van der Waals surface area contributed by atoms with E-state index in [0.717, 1.165) is 6.54 Å². The fourth-order valence-corrected chi connectivity index (χ4v) is 1.86. The Hall–Kier alpha value is -1.07. The molecule has 0 amide bonds. The third kappa shape index (κ3) is 3.35. The van der Waals surface area contributed by atoms with Crippen LogP contribution in [0.1, 0.15) is 24.3 Å². The average molecular weight is 213 g/mol. The van der Waals surface area contributed by atoms with Crippen LogP contribution < -0.4 is 11.1 Å². The molecule has 4 nitrogen and oxygen atoms in total. The van der Waals surface area contributed by atoms with Gasteiger partial charge < -0.3 is 16.3 Å². The summed E-state index contributed by atoms with van der Waals surface area (Å²) in [6, 6.07) is 4.44. The van der Waals surface area contributed by atoms with Crippen molar-refractivity contribution in [3.05, 3.63) is 22.4 Å². The van der Waals surface area contributed by atoms with Gasteiger partial charge in [-0.15, -0.1) is 11.3 Å². The van der Waals surface area contributed by atoms with E-state index in [-0.39, 0.29) is 5.84 Å². The zero-order chi connectivity index (χ0) is 10.4. The van der Waals surface area contributed by atoms with Gasteiger partial charge in [0.05, 0.1) is 0 Å². The highest BCUT2D eigenvalue weighted by molar-refractivity contribution is 7.10. The van der Waals surface area contributed by atoms with Gasteiger partial charge in [-0.3, -0.25) is 0 Å². The van der Waals surface area contributed by atoms with Gasteiger partial charge in [0.25, 0.3) is 0 Å². The zero-order valence-corrected chi connectivity index (χ0v) is 8.92. The second-order valence-electron chi connectivity index (χ2n) is 3.03. The number of oxime groups is 1. The quantitative estimate of drug-likeness (QED) is 0.301. The standard InChI is InChI=1S/C9H15N3OS/c1-7(8-3-2-6-14-8)11-5-4-9(10)12-13/h2-3,6-7,11,13H,4-5H2,1H3,(H2,10,12). The van der Waals surface area contributed by atoms with E-state index in [2.05, 4.69) is 28.8 Å². The van der Waals surface area contributed by atoms with Crippen LogP contribution in [-0.2, 0) is 0 Å². The molecule has 78 valence electrons. The highest BCUT2D eigenvalue weighted by Gasteiger charge is 2.04. The normalized spacial score (nSPS) is 14.2. The van der Waals surface area contributed by atoms with Crippen LogP contribution in [0.4, 0.5) is 0 Å². The summed E-state index contributed by atoms with van der Waals surface area (Å²) < 4.78 is 0. The van der Waals surface area contributed by atoms with Gasteiger partial charge in [0.2, 0.25) is 0 Å². The highest BCUT2D eigenvalue weighted by Crippen LogP contribution is 2.17. The molecule has 0 spiro atoms. The van der Waals surface area contributed by atoms with E-state index in [4.69, 9.17) is 10.9 Å². The van der Waals surface area contributed by atoms with Crippen molar-refractivity contribution in [3.8, 4) is 0 Å². The molecule has 0 aliphatic rings. The molecule has 0 aliphatic heterocycles. The molecule has 1 rings (SSSR count). The van der Waals surface area contributed by atoms with Crippen molar-refractivity contribution in [1.29, 1.82) is 0 Å². The number of rotatable bonds is 5. The van der Waals surface area contributed by atoms with Crippen LogP contribution in [0, 0.1) is 0 Å². The van der Waals surface area contributed by atoms with E-state index < -0.39 is 0 Å². The second kappa shape index (κ2) is 5.62. The smallest absolute Gasteiger partial charge is 0.140 e. The second-order valence-corrected chi connectivity index (χ2v) is 4.01. The van der Waals surface area contributed by atoms with Gasteiger partial charge >= 0.3 is 0 Å². The largest absolute Gasteiger partial charge is 0.409 e. The van der Waals surface area contributed by atoms with Crippen molar-refractivity contribution >= 4 is 17.2 Å². The van der Waals surface area contributed by atoms with Gasteiger partial charge in [-0.05, 0) is 18.4 Å². The third-order valence-electron chi connectivity index (χ3n) is 1.93. The summed E-state index contributed by atoms with van der Waals surface area (Å²) in [6.45, 7) is 2.81. The summed E-state index contributed by atoms with van der Waals surface area (Å²) in [4.78, 5) is 1.30. The van der Waals surface area contributed by atoms with E-state index in [1.54, 1.807) is 11.3 Å². The third-order valence-corrected chi connectivity index (χ3v) is 2.99. The molecule has 0 aliphatic carbocycles. The van der Waals surface area contributed by atoms with Crippen LogP contribution in [0.5, 0.6) is 0 Å². The first-order chi connectivity index (χ1) is 6.74. The van der Waals surface area contributed by atoms with Crippen LogP contribution in [0.25, 0.3) is 0 Å². The van der Waals surface area contributed by atoms with Gasteiger partial charge in [-0.2, -0.15) is 0 Å². The van der Waals surface area contributed by atoms with Gasteiger partial charge in [-0.25, -0.2) is 0 Å². The van der Waals surface area contributed by atoms with Crippen LogP contribution in [0.2, 0.25) is 0 Å². The Kier molecular flexibility index (Phi) is 4.42. The first-order valence-electron chi connectivity index (χ1n) is 4.47. The van der Waals surface area contributed by atoms with Crippen LogP contribution >= 0.6 is 11.3 Å². The Balaban J connectivity index is 2.26. The van der Waals surface area contributed by atoms with Crippen molar-refractivity contribution < 1.29 is 5.21 Å². The summed E-state index contributed by atoms with van der Waals surface area (Å²) >= 11 is 1.72. The Morgan fingerprint density at radius 1 is 1.79 bits per heavy atom. The van der Waals surface area contributed by atoms with Gasteiger partial charge in [0.1, 0.15) is 5.84 Å². The van der Waals surface area contributed by atoms with Crippen LogP contribution in [0.15, 0.2) is 22.7 Å². The topological polar surface area (TPSA) is 70.6 Å². The van der Waals surface area contributed by atoms with Crippen LogP contribution in [-0.4, -0.2) is 17.6 Å². The number of nitrogens with zero attached hydrogens (tertiary/aromatic N) is 1. The fourth-order valence-electron chi connectivity index (χ4n) is 1.10. The Labute approximate surface area is 87.4 Å². The first-order valence-corrected chi connectivity index (χ1v) is 5.35. The van der Waals surface area contributed by atoms with Crippen molar-refractivity contribution in [2.75, 3.05) is 6.54 Å². The molecule has 0 bridgehead atoms. The predicted molar refractivity (Wildman–Crippen MR) is 58.8 cm³/mol. The van der Waals surface area contributed by atoms with Crippen molar-refractivity contribution in [2.24, 2.45) is 10.9 Å². The SMILES string of the molecule is CC(NCCC(N)=NO)c1cccs1. The molecule has 0 saturated carbocycles. The first kappa shape index (κ1) is 11.0. The maximum Gasteiger partial charge on any atom is 0.140 e. The number of hydrogen-bond donors (Lipinski definition) is 3. The summed E-state index contributed by atoms with van der Waals surface area (Å²) in [6.07, 6.45) is 0.562. The minimum absolute atomic E-state index is 0.260. The minimum Gasteiger partial charge on any atom is -0.409 e. The number of hydrogen-bond acceptors (Lipinski definition) is 4. The van der Waals surface area contributed by atoms with E-state index in [0.29, 0.717) is 12.5 Å². The minimum atomic E-state index is 0.260. The molecule has 0 fully saturated rings. The molecule has 5 heteroatoms. The summed E-state index contributed by atoms with van der Waals surface area (Å²) in [5.74, 6) is 0.260. The molecule has 1 unspecified atom stereocenters. The lowest BCUT2D eigenvalue weighted by Crippen LogP contribution is -2.24. The lowest BCUT2D eigenvalue weighted by Gasteiger charge is -2.10. The number of nitrogens with two attached hydrogens (primary N) is 1. The summed E-state index contributed by atoms with van der Waals surface area (Å²) in [5.41, 5.74) is 5.34. The van der Waals surface area contributed by atoms with Crippen molar-refractivity contribution in [2.45, 2.75) is 19.4 Å². The predicted octanol–water partition coefficient (Wildman–Crippen LogP) is 1.54. The molecule has 1 aromatic rings. The molecular weight excluding hydrogens is 198 g/mol. The Bertz CT molecular complexity index is 284. The van der Waals surface area contributed by atoms with Gasteiger partial charge in [0.15, 0.2) is 0 Å². The molecule has 4 N–H and O–H groups in total. The Morgan fingerprint density at radius 2 is 2.57 bits per heavy atom. The van der Waals surface area contributed by atoms with Crippen molar-refractivity contribution in [1.82, 2.24) is 5.32 Å². The number of amidine groups is 1. The molecule has 0 aromatic carbocycles. The Morgan fingerprint density at radius 3 is 3.14 bits per heavy atom. The van der Waals surface area contributed by atoms with Gasteiger partial charge in [0, 0.05) is 23.9 Å². The maximum absolute atomic E-state index is 8.32. The fraction of sp³-hybridized carbons (Fsp3) is 0.444. The maximum atomic E-state index is 8.32.